The van der Waals surface area contributed by atoms with Crippen LogP contribution in [0.15, 0.2) is 48.5 Å². The van der Waals surface area contributed by atoms with Gasteiger partial charge in [-0.1, -0.05) is 29.8 Å². The van der Waals surface area contributed by atoms with Gasteiger partial charge in [-0.15, -0.1) is 0 Å². The molecule has 0 radical (unpaired) electrons. The molecule has 0 saturated heterocycles. The van der Waals surface area contributed by atoms with E-state index in [1.807, 2.05) is 43.1 Å². The fourth-order valence-electron chi connectivity index (χ4n) is 1.95. The molecule has 2 nitrogen and oxygen atoms in total. The minimum atomic E-state index is -0.560. The summed E-state index contributed by atoms with van der Waals surface area (Å²) in [4.78, 5) is 1.91. The standard InChI is InChI=1S/C16H18FNO/c1-12-3-5-13(6-4-12)16(19)11-18(2)15-9-7-14(17)8-10-15/h3-10,16,19H,11H2,1-2H3. The molecule has 0 aliphatic carbocycles. The maximum atomic E-state index is 12.8. The first-order chi connectivity index (χ1) is 9.06. The molecule has 3 heteroatoms. The number of aliphatic hydroxyl groups is 1. The Labute approximate surface area is 113 Å². The van der Waals surface area contributed by atoms with Crippen molar-refractivity contribution >= 4 is 5.69 Å². The highest BCUT2D eigenvalue weighted by atomic mass is 19.1. The van der Waals surface area contributed by atoms with E-state index < -0.39 is 6.10 Å². The van der Waals surface area contributed by atoms with Gasteiger partial charge in [0.15, 0.2) is 0 Å². The summed E-state index contributed by atoms with van der Waals surface area (Å²) in [6, 6.07) is 14.1. The lowest BCUT2D eigenvalue weighted by molar-refractivity contribution is 0.185. The van der Waals surface area contributed by atoms with E-state index in [4.69, 9.17) is 0 Å². The Kier molecular flexibility index (Phi) is 4.17. The third-order valence-corrected chi connectivity index (χ3v) is 3.18. The van der Waals surface area contributed by atoms with E-state index in [1.165, 1.54) is 17.7 Å². The van der Waals surface area contributed by atoms with Crippen molar-refractivity contribution < 1.29 is 9.50 Å². The molecule has 0 aliphatic rings. The molecule has 1 N–H and O–H groups in total. The quantitative estimate of drug-likeness (QED) is 0.910. The van der Waals surface area contributed by atoms with E-state index in [0.717, 1.165) is 11.3 Å². The number of aliphatic hydroxyl groups excluding tert-OH is 1. The molecular formula is C16H18FNO. The number of aryl methyl sites for hydroxylation is 1. The number of anilines is 1. The van der Waals surface area contributed by atoms with Crippen molar-refractivity contribution in [3.8, 4) is 0 Å². The zero-order valence-corrected chi connectivity index (χ0v) is 11.2. The third-order valence-electron chi connectivity index (χ3n) is 3.18. The van der Waals surface area contributed by atoms with E-state index in [0.29, 0.717) is 6.54 Å². The SMILES string of the molecule is Cc1ccc(C(O)CN(C)c2ccc(F)cc2)cc1. The van der Waals surface area contributed by atoms with E-state index in [2.05, 4.69) is 0 Å². The molecule has 0 bridgehead atoms. The summed E-state index contributed by atoms with van der Waals surface area (Å²) in [5, 5.41) is 10.2. The highest BCUT2D eigenvalue weighted by Crippen LogP contribution is 2.19. The van der Waals surface area contributed by atoms with Gasteiger partial charge in [0.2, 0.25) is 0 Å². The van der Waals surface area contributed by atoms with E-state index in [1.54, 1.807) is 12.1 Å². The van der Waals surface area contributed by atoms with Crippen molar-refractivity contribution in [2.24, 2.45) is 0 Å². The zero-order chi connectivity index (χ0) is 13.8. The van der Waals surface area contributed by atoms with Gasteiger partial charge < -0.3 is 10.0 Å². The molecule has 0 aliphatic heterocycles. The van der Waals surface area contributed by atoms with Crippen molar-refractivity contribution in [1.82, 2.24) is 0 Å². The van der Waals surface area contributed by atoms with E-state index >= 15 is 0 Å². The van der Waals surface area contributed by atoms with Crippen molar-refractivity contribution in [3.05, 3.63) is 65.5 Å². The Bertz CT molecular complexity index is 472. The van der Waals surface area contributed by atoms with E-state index in [-0.39, 0.29) is 5.82 Å². The first-order valence-corrected chi connectivity index (χ1v) is 6.27. The second kappa shape index (κ2) is 5.85. The Hall–Kier alpha value is -1.87. The number of nitrogens with zero attached hydrogens (tertiary/aromatic N) is 1. The van der Waals surface area contributed by atoms with Crippen LogP contribution in [0.4, 0.5) is 10.1 Å². The van der Waals surface area contributed by atoms with Gasteiger partial charge in [-0.2, -0.15) is 0 Å². The molecule has 0 amide bonds. The molecule has 2 aromatic carbocycles. The number of hydrogen-bond acceptors (Lipinski definition) is 2. The predicted molar refractivity (Wildman–Crippen MR) is 75.8 cm³/mol. The summed E-state index contributed by atoms with van der Waals surface area (Å²) in [5.41, 5.74) is 2.94. The topological polar surface area (TPSA) is 23.5 Å². The van der Waals surface area contributed by atoms with Crippen molar-refractivity contribution in [3.63, 3.8) is 0 Å². The Morgan fingerprint density at radius 1 is 1.05 bits per heavy atom. The molecule has 0 aromatic heterocycles. The van der Waals surface area contributed by atoms with Gasteiger partial charge in [0.05, 0.1) is 6.10 Å². The highest BCUT2D eigenvalue weighted by Gasteiger charge is 2.11. The number of likely N-dealkylation sites (N-methyl/N-ethyl adjacent to an activating group) is 1. The Balaban J connectivity index is 2.03. The molecule has 2 aromatic rings. The predicted octanol–water partition coefficient (Wildman–Crippen LogP) is 3.30. The Morgan fingerprint density at radius 2 is 1.63 bits per heavy atom. The van der Waals surface area contributed by atoms with Crippen LogP contribution in [0.5, 0.6) is 0 Å². The van der Waals surface area contributed by atoms with Gasteiger partial charge in [0.1, 0.15) is 5.82 Å². The number of benzene rings is 2. The molecule has 100 valence electrons. The molecule has 2 rings (SSSR count). The van der Waals surface area contributed by atoms with Crippen molar-refractivity contribution in [2.75, 3.05) is 18.5 Å². The molecule has 0 fully saturated rings. The van der Waals surface area contributed by atoms with Gasteiger partial charge in [0.25, 0.3) is 0 Å². The molecule has 0 heterocycles. The van der Waals surface area contributed by atoms with Crippen LogP contribution in [0.1, 0.15) is 17.2 Å². The van der Waals surface area contributed by atoms with E-state index in [9.17, 15) is 9.50 Å². The summed E-state index contributed by atoms with van der Waals surface area (Å²) >= 11 is 0. The Morgan fingerprint density at radius 3 is 2.21 bits per heavy atom. The monoisotopic (exact) mass is 259 g/mol. The molecule has 0 spiro atoms. The van der Waals surface area contributed by atoms with Crippen LogP contribution in [0, 0.1) is 12.7 Å². The fraction of sp³-hybridized carbons (Fsp3) is 0.250. The highest BCUT2D eigenvalue weighted by molar-refractivity contribution is 5.45. The van der Waals surface area contributed by atoms with Gasteiger partial charge >= 0.3 is 0 Å². The average Bonchev–Trinajstić information content (AvgIpc) is 2.40. The molecule has 0 saturated carbocycles. The molecular weight excluding hydrogens is 241 g/mol. The van der Waals surface area contributed by atoms with Crippen LogP contribution in [0.2, 0.25) is 0 Å². The van der Waals surface area contributed by atoms with Crippen LogP contribution in [-0.2, 0) is 0 Å². The smallest absolute Gasteiger partial charge is 0.123 e. The number of rotatable bonds is 4. The lowest BCUT2D eigenvalue weighted by Gasteiger charge is -2.23. The fourth-order valence-corrected chi connectivity index (χ4v) is 1.95. The summed E-state index contributed by atoms with van der Waals surface area (Å²) in [7, 11) is 1.88. The molecule has 1 unspecified atom stereocenters. The minimum absolute atomic E-state index is 0.253. The van der Waals surface area contributed by atoms with Gasteiger partial charge in [-0.3, -0.25) is 0 Å². The summed E-state index contributed by atoms with van der Waals surface area (Å²) in [6.45, 7) is 2.48. The van der Waals surface area contributed by atoms with Crippen LogP contribution >= 0.6 is 0 Å². The lowest BCUT2D eigenvalue weighted by atomic mass is 10.1. The van der Waals surface area contributed by atoms with Gasteiger partial charge in [-0.25, -0.2) is 4.39 Å². The maximum Gasteiger partial charge on any atom is 0.123 e. The second-order valence-electron chi connectivity index (χ2n) is 4.78. The van der Waals surface area contributed by atoms with Crippen molar-refractivity contribution in [1.29, 1.82) is 0 Å². The molecule has 19 heavy (non-hydrogen) atoms. The zero-order valence-electron chi connectivity index (χ0n) is 11.2. The average molecular weight is 259 g/mol. The number of hydrogen-bond donors (Lipinski definition) is 1. The minimum Gasteiger partial charge on any atom is -0.387 e. The molecule has 1 atom stereocenters. The lowest BCUT2D eigenvalue weighted by Crippen LogP contribution is -2.24. The number of halogens is 1. The van der Waals surface area contributed by atoms with Gasteiger partial charge in [0, 0.05) is 19.3 Å². The largest absolute Gasteiger partial charge is 0.387 e. The van der Waals surface area contributed by atoms with Crippen LogP contribution in [-0.4, -0.2) is 18.7 Å². The maximum absolute atomic E-state index is 12.8. The first-order valence-electron chi connectivity index (χ1n) is 6.27. The second-order valence-corrected chi connectivity index (χ2v) is 4.78. The summed E-state index contributed by atoms with van der Waals surface area (Å²) in [6.07, 6.45) is -0.560. The van der Waals surface area contributed by atoms with Crippen LogP contribution in [0.3, 0.4) is 0 Å². The van der Waals surface area contributed by atoms with Crippen molar-refractivity contribution in [2.45, 2.75) is 13.0 Å². The normalized spacial score (nSPS) is 12.2. The third kappa shape index (κ3) is 3.55. The van der Waals surface area contributed by atoms with Crippen LogP contribution in [0.25, 0.3) is 0 Å². The van der Waals surface area contributed by atoms with Gasteiger partial charge in [-0.05, 0) is 36.8 Å². The van der Waals surface area contributed by atoms with Crippen LogP contribution < -0.4 is 4.90 Å². The summed E-state index contributed by atoms with van der Waals surface area (Å²) in [5.74, 6) is -0.253. The summed E-state index contributed by atoms with van der Waals surface area (Å²) < 4.78 is 12.8. The first kappa shape index (κ1) is 13.6.